The monoisotopic (exact) mass is 637 g/mol. The Hall–Kier alpha value is -6.71. The van der Waals surface area contributed by atoms with E-state index < -0.39 is 0 Å². The third-order valence-corrected chi connectivity index (χ3v) is 9.32. The van der Waals surface area contributed by atoms with Crippen LogP contribution >= 0.6 is 0 Å². The van der Waals surface area contributed by atoms with Crippen LogP contribution in [0.15, 0.2) is 188 Å². The molecule has 0 fully saturated rings. The van der Waals surface area contributed by atoms with Gasteiger partial charge in [0.25, 0.3) is 0 Å². The minimum absolute atomic E-state index is 0.689. The fourth-order valence-corrected chi connectivity index (χ4v) is 6.82. The van der Waals surface area contributed by atoms with Crippen molar-refractivity contribution in [3.05, 3.63) is 188 Å². The molecule has 0 saturated heterocycles. The van der Waals surface area contributed by atoms with Gasteiger partial charge in [-0.2, -0.15) is 0 Å². The van der Waals surface area contributed by atoms with Crippen molar-refractivity contribution in [2.75, 3.05) is 0 Å². The smallest absolute Gasteiger partial charge is 0.160 e. The third kappa shape index (κ3) is 5.61. The number of hydrogen-bond donors (Lipinski definition) is 0. The molecule has 0 aliphatic heterocycles. The molecule has 9 rings (SSSR count). The number of para-hydroxylation sites is 1. The highest BCUT2D eigenvalue weighted by Gasteiger charge is 2.16. The topological polar surface area (TPSA) is 38.7 Å². The predicted octanol–water partition coefficient (Wildman–Crippen LogP) is 12.2. The summed E-state index contributed by atoms with van der Waals surface area (Å²) in [5.41, 5.74) is 12.6. The highest BCUT2D eigenvalue weighted by Crippen LogP contribution is 2.38. The molecule has 2 heterocycles. The molecule has 3 nitrogen and oxygen atoms in total. The first-order valence-electron chi connectivity index (χ1n) is 16.8. The van der Waals surface area contributed by atoms with E-state index in [0.29, 0.717) is 5.82 Å². The third-order valence-electron chi connectivity index (χ3n) is 9.32. The van der Waals surface area contributed by atoms with E-state index in [1.54, 1.807) is 0 Å². The predicted molar refractivity (Wildman–Crippen MR) is 207 cm³/mol. The van der Waals surface area contributed by atoms with Crippen LogP contribution in [0.25, 0.3) is 89.0 Å². The average Bonchev–Trinajstić information content (AvgIpc) is 3.21. The SMILES string of the molecule is c1ccc(-c2ccc(-c3cc(-c4cc(-c5cccc6ccccc56)cc(-c5cccc6cccnc56)c4)nc(-c4ccccc4)n3)cc2)cc1. The van der Waals surface area contributed by atoms with Gasteiger partial charge in [0.2, 0.25) is 0 Å². The van der Waals surface area contributed by atoms with E-state index in [1.165, 1.54) is 27.5 Å². The second-order valence-corrected chi connectivity index (χ2v) is 12.5. The summed E-state index contributed by atoms with van der Waals surface area (Å²) in [6.07, 6.45) is 1.87. The zero-order chi connectivity index (χ0) is 33.3. The lowest BCUT2D eigenvalue weighted by Crippen LogP contribution is -1.97. The largest absolute Gasteiger partial charge is 0.256 e. The summed E-state index contributed by atoms with van der Waals surface area (Å²) >= 11 is 0. The van der Waals surface area contributed by atoms with Crippen LogP contribution in [0, 0.1) is 0 Å². The molecule has 0 spiro atoms. The molecule has 50 heavy (non-hydrogen) atoms. The molecule has 3 heteroatoms. The van der Waals surface area contributed by atoms with Crippen molar-refractivity contribution in [3.63, 3.8) is 0 Å². The zero-order valence-corrected chi connectivity index (χ0v) is 27.2. The van der Waals surface area contributed by atoms with Crippen LogP contribution in [-0.4, -0.2) is 15.0 Å². The van der Waals surface area contributed by atoms with E-state index in [9.17, 15) is 0 Å². The Morgan fingerprint density at radius 1 is 0.320 bits per heavy atom. The normalized spacial score (nSPS) is 11.2. The van der Waals surface area contributed by atoms with Gasteiger partial charge in [-0.1, -0.05) is 152 Å². The van der Waals surface area contributed by atoms with E-state index in [-0.39, 0.29) is 0 Å². The molecule has 0 saturated carbocycles. The van der Waals surface area contributed by atoms with Crippen LogP contribution in [0.3, 0.4) is 0 Å². The average molecular weight is 638 g/mol. The molecule has 234 valence electrons. The Morgan fingerprint density at radius 2 is 0.860 bits per heavy atom. The molecule has 0 amide bonds. The maximum atomic E-state index is 5.23. The number of pyridine rings is 1. The fraction of sp³-hybridized carbons (Fsp3) is 0. The lowest BCUT2D eigenvalue weighted by molar-refractivity contribution is 1.18. The molecule has 0 atom stereocenters. The minimum Gasteiger partial charge on any atom is -0.256 e. The van der Waals surface area contributed by atoms with Gasteiger partial charge in [-0.05, 0) is 68.9 Å². The highest BCUT2D eigenvalue weighted by atomic mass is 14.9. The molecule has 2 aromatic heterocycles. The van der Waals surface area contributed by atoms with E-state index in [2.05, 4.69) is 152 Å². The lowest BCUT2D eigenvalue weighted by Gasteiger charge is -2.15. The molecule has 0 aliphatic carbocycles. The Balaban J connectivity index is 1.27. The fourth-order valence-electron chi connectivity index (χ4n) is 6.82. The Labute approximate surface area is 291 Å². The number of rotatable bonds is 6. The van der Waals surface area contributed by atoms with Gasteiger partial charge in [-0.25, -0.2) is 9.97 Å². The van der Waals surface area contributed by atoms with Gasteiger partial charge in [0, 0.05) is 33.8 Å². The van der Waals surface area contributed by atoms with Gasteiger partial charge in [-0.3, -0.25) is 4.98 Å². The van der Waals surface area contributed by atoms with E-state index in [4.69, 9.17) is 15.0 Å². The van der Waals surface area contributed by atoms with E-state index in [0.717, 1.165) is 55.7 Å². The van der Waals surface area contributed by atoms with Gasteiger partial charge in [-0.15, -0.1) is 0 Å². The molecule has 0 aliphatic rings. The molecule has 0 bridgehead atoms. The number of benzene rings is 7. The number of hydrogen-bond acceptors (Lipinski definition) is 3. The standard InChI is InChI=1S/C47H31N3/c1-3-12-32(13-4-1)33-23-25-35(26-24-33)44-31-45(50-47(49-44)37-15-5-2-6-16-37)40-29-38(42-21-9-17-34-14-7-8-20-41(34)42)28-39(30-40)43-22-10-18-36-19-11-27-48-46(36)43/h1-31H. The van der Waals surface area contributed by atoms with Crippen LogP contribution in [-0.2, 0) is 0 Å². The number of nitrogens with zero attached hydrogens (tertiary/aromatic N) is 3. The lowest BCUT2D eigenvalue weighted by atomic mass is 9.91. The summed E-state index contributed by atoms with van der Waals surface area (Å²) in [5.74, 6) is 0.689. The van der Waals surface area contributed by atoms with Crippen molar-refractivity contribution in [1.29, 1.82) is 0 Å². The first-order chi connectivity index (χ1) is 24.8. The summed E-state index contributed by atoms with van der Waals surface area (Å²) in [5, 5.41) is 3.52. The first kappa shape index (κ1) is 29.4. The molecule has 7 aromatic carbocycles. The van der Waals surface area contributed by atoms with Crippen LogP contribution in [0.2, 0.25) is 0 Å². The van der Waals surface area contributed by atoms with Crippen molar-refractivity contribution in [3.8, 4) is 67.3 Å². The van der Waals surface area contributed by atoms with Crippen LogP contribution in [0.1, 0.15) is 0 Å². The Morgan fingerprint density at radius 3 is 1.64 bits per heavy atom. The first-order valence-corrected chi connectivity index (χ1v) is 16.8. The van der Waals surface area contributed by atoms with Crippen molar-refractivity contribution in [1.82, 2.24) is 15.0 Å². The van der Waals surface area contributed by atoms with E-state index >= 15 is 0 Å². The summed E-state index contributed by atoms with van der Waals surface area (Å²) in [6.45, 7) is 0. The minimum atomic E-state index is 0.689. The molecule has 0 N–H and O–H groups in total. The van der Waals surface area contributed by atoms with Gasteiger partial charge in [0.05, 0.1) is 16.9 Å². The maximum absolute atomic E-state index is 5.23. The highest BCUT2D eigenvalue weighted by molar-refractivity contribution is 6.00. The summed E-state index contributed by atoms with van der Waals surface area (Å²) in [6, 6.07) is 63.9. The Kier molecular flexibility index (Phi) is 7.49. The second kappa shape index (κ2) is 12.7. The quantitative estimate of drug-likeness (QED) is 0.182. The van der Waals surface area contributed by atoms with E-state index in [1.807, 2.05) is 36.5 Å². The summed E-state index contributed by atoms with van der Waals surface area (Å²) in [7, 11) is 0. The molecule has 9 aromatic rings. The van der Waals surface area contributed by atoms with Gasteiger partial charge in [0.15, 0.2) is 5.82 Å². The van der Waals surface area contributed by atoms with Crippen molar-refractivity contribution >= 4 is 21.7 Å². The second-order valence-electron chi connectivity index (χ2n) is 12.5. The van der Waals surface area contributed by atoms with Crippen molar-refractivity contribution in [2.24, 2.45) is 0 Å². The summed E-state index contributed by atoms with van der Waals surface area (Å²) in [4.78, 5) is 15.2. The van der Waals surface area contributed by atoms with Crippen LogP contribution in [0.4, 0.5) is 0 Å². The number of fused-ring (bicyclic) bond motifs is 2. The van der Waals surface area contributed by atoms with Crippen LogP contribution < -0.4 is 0 Å². The van der Waals surface area contributed by atoms with Crippen molar-refractivity contribution < 1.29 is 0 Å². The summed E-state index contributed by atoms with van der Waals surface area (Å²) < 4.78 is 0. The zero-order valence-electron chi connectivity index (χ0n) is 27.2. The number of aromatic nitrogens is 3. The molecule has 0 unspecified atom stereocenters. The Bertz CT molecular complexity index is 2520. The molecular formula is C47H31N3. The van der Waals surface area contributed by atoms with Gasteiger partial charge >= 0.3 is 0 Å². The van der Waals surface area contributed by atoms with Gasteiger partial charge in [0.1, 0.15) is 0 Å². The van der Waals surface area contributed by atoms with Gasteiger partial charge < -0.3 is 0 Å². The van der Waals surface area contributed by atoms with Crippen LogP contribution in [0.5, 0.6) is 0 Å². The molecule has 0 radical (unpaired) electrons. The van der Waals surface area contributed by atoms with Crippen molar-refractivity contribution in [2.45, 2.75) is 0 Å². The maximum Gasteiger partial charge on any atom is 0.160 e. The molecular weight excluding hydrogens is 607 g/mol.